The van der Waals surface area contributed by atoms with Crippen LogP contribution in [0.15, 0.2) is 30.3 Å². The molecule has 3 N–H and O–H groups in total. The Morgan fingerprint density at radius 2 is 2.00 bits per heavy atom. The van der Waals surface area contributed by atoms with Crippen molar-refractivity contribution in [2.45, 2.75) is 24.8 Å². The first-order valence-electron chi connectivity index (χ1n) is 6.38. The van der Waals surface area contributed by atoms with E-state index in [2.05, 4.69) is 0 Å². The molecule has 1 aromatic rings. The Labute approximate surface area is 112 Å². The molecule has 1 saturated heterocycles. The van der Waals surface area contributed by atoms with Gasteiger partial charge in [0.2, 0.25) is 5.91 Å². The largest absolute Gasteiger partial charge is 0.479 e. The number of hydrogen-bond donors (Lipinski definition) is 2. The highest BCUT2D eigenvalue weighted by molar-refractivity contribution is 5.88. The third-order valence-corrected chi connectivity index (χ3v) is 3.70. The Hall–Kier alpha value is -1.88. The lowest BCUT2D eigenvalue weighted by Gasteiger charge is -2.34. The van der Waals surface area contributed by atoms with Crippen molar-refractivity contribution < 1.29 is 14.7 Å². The fraction of sp³-hybridized carbons (Fsp3) is 0.429. The van der Waals surface area contributed by atoms with E-state index < -0.39 is 11.5 Å². The number of carboxylic acids is 1. The van der Waals surface area contributed by atoms with Crippen LogP contribution in [0.4, 0.5) is 0 Å². The summed E-state index contributed by atoms with van der Waals surface area (Å²) in [4.78, 5) is 25.0. The summed E-state index contributed by atoms with van der Waals surface area (Å²) in [5, 5.41) is 9.61. The molecule has 0 bridgehead atoms. The van der Waals surface area contributed by atoms with E-state index >= 15 is 0 Å². The second-order valence-electron chi connectivity index (χ2n) is 4.85. The zero-order chi connectivity index (χ0) is 13.9. The maximum Gasteiger partial charge on any atom is 0.329 e. The summed E-state index contributed by atoms with van der Waals surface area (Å²) in [7, 11) is 0. The lowest BCUT2D eigenvalue weighted by Crippen LogP contribution is -2.56. The van der Waals surface area contributed by atoms with Crippen molar-refractivity contribution in [2.75, 3.05) is 13.1 Å². The summed E-state index contributed by atoms with van der Waals surface area (Å²) in [5.74, 6) is -1.24. The summed E-state index contributed by atoms with van der Waals surface area (Å²) in [6, 6.07) is 9.39. The topological polar surface area (TPSA) is 83.6 Å². The van der Waals surface area contributed by atoms with Crippen LogP contribution < -0.4 is 5.73 Å². The van der Waals surface area contributed by atoms with Gasteiger partial charge in [0.1, 0.15) is 5.54 Å². The van der Waals surface area contributed by atoms with Crippen molar-refractivity contribution in [1.29, 1.82) is 0 Å². The highest BCUT2D eigenvalue weighted by Crippen LogP contribution is 2.33. The van der Waals surface area contributed by atoms with Gasteiger partial charge >= 0.3 is 5.97 Å². The standard InChI is InChI=1S/C14H18N2O3/c15-10-12(17)16-8-4-7-14(16,13(18)19)9-11-5-2-1-3-6-11/h1-3,5-6H,4,7-10,15H2,(H,18,19). The SMILES string of the molecule is NCC(=O)N1CCCC1(Cc1ccccc1)C(=O)O. The zero-order valence-corrected chi connectivity index (χ0v) is 10.7. The molecule has 1 aliphatic rings. The van der Waals surface area contributed by atoms with Crippen molar-refractivity contribution in [3.63, 3.8) is 0 Å². The fourth-order valence-corrected chi connectivity index (χ4v) is 2.77. The molecule has 1 fully saturated rings. The number of carbonyl (C=O) groups excluding carboxylic acids is 1. The summed E-state index contributed by atoms with van der Waals surface area (Å²) < 4.78 is 0. The van der Waals surface area contributed by atoms with Crippen LogP contribution in [-0.2, 0) is 16.0 Å². The van der Waals surface area contributed by atoms with Gasteiger partial charge in [-0.3, -0.25) is 4.79 Å². The van der Waals surface area contributed by atoms with E-state index in [1.807, 2.05) is 30.3 Å². The summed E-state index contributed by atoms with van der Waals surface area (Å²) in [6.45, 7) is 0.318. The molecule has 5 nitrogen and oxygen atoms in total. The predicted molar refractivity (Wildman–Crippen MR) is 70.5 cm³/mol. The smallest absolute Gasteiger partial charge is 0.329 e. The first-order chi connectivity index (χ1) is 9.10. The van der Waals surface area contributed by atoms with Crippen LogP contribution in [-0.4, -0.2) is 40.5 Å². The van der Waals surface area contributed by atoms with E-state index in [1.165, 1.54) is 4.90 Å². The van der Waals surface area contributed by atoms with E-state index in [1.54, 1.807) is 0 Å². The molecule has 2 rings (SSSR count). The van der Waals surface area contributed by atoms with Gasteiger partial charge in [-0.25, -0.2) is 4.79 Å². The number of likely N-dealkylation sites (tertiary alicyclic amines) is 1. The fourth-order valence-electron chi connectivity index (χ4n) is 2.77. The lowest BCUT2D eigenvalue weighted by atomic mass is 9.88. The van der Waals surface area contributed by atoms with Gasteiger partial charge in [0.15, 0.2) is 0 Å². The minimum absolute atomic E-state index is 0.149. The number of nitrogens with zero attached hydrogens (tertiary/aromatic N) is 1. The molecule has 5 heteroatoms. The molecule has 0 aromatic heterocycles. The number of hydrogen-bond acceptors (Lipinski definition) is 3. The van der Waals surface area contributed by atoms with Gasteiger partial charge in [-0.1, -0.05) is 30.3 Å². The number of amides is 1. The molecule has 0 saturated carbocycles. The molecule has 1 unspecified atom stereocenters. The molecule has 102 valence electrons. The van der Waals surface area contributed by atoms with Gasteiger partial charge in [-0.05, 0) is 18.4 Å². The normalized spacial score (nSPS) is 22.5. The second-order valence-corrected chi connectivity index (χ2v) is 4.85. The molecular formula is C14H18N2O3. The average molecular weight is 262 g/mol. The Kier molecular flexibility index (Phi) is 3.85. The van der Waals surface area contributed by atoms with E-state index in [-0.39, 0.29) is 12.5 Å². The molecule has 0 spiro atoms. The Balaban J connectivity index is 2.32. The monoisotopic (exact) mass is 262 g/mol. The van der Waals surface area contributed by atoms with Crippen molar-refractivity contribution in [2.24, 2.45) is 5.73 Å². The molecule has 1 heterocycles. The molecule has 1 amide bonds. The maximum absolute atomic E-state index is 11.9. The van der Waals surface area contributed by atoms with Crippen LogP contribution in [0.5, 0.6) is 0 Å². The van der Waals surface area contributed by atoms with Crippen molar-refractivity contribution in [1.82, 2.24) is 4.90 Å². The van der Waals surface area contributed by atoms with Gasteiger partial charge in [-0.15, -0.1) is 0 Å². The number of benzene rings is 1. The molecule has 1 aromatic carbocycles. The third-order valence-electron chi connectivity index (χ3n) is 3.70. The minimum atomic E-state index is -1.14. The van der Waals surface area contributed by atoms with Gasteiger partial charge in [-0.2, -0.15) is 0 Å². The van der Waals surface area contributed by atoms with Crippen LogP contribution in [0.3, 0.4) is 0 Å². The Morgan fingerprint density at radius 3 is 2.58 bits per heavy atom. The van der Waals surface area contributed by atoms with E-state index in [0.29, 0.717) is 25.8 Å². The molecule has 0 radical (unpaired) electrons. The first-order valence-corrected chi connectivity index (χ1v) is 6.38. The van der Waals surface area contributed by atoms with Crippen LogP contribution in [0.25, 0.3) is 0 Å². The van der Waals surface area contributed by atoms with E-state index in [4.69, 9.17) is 5.73 Å². The number of carboxylic acid groups (broad SMARTS) is 1. The van der Waals surface area contributed by atoms with Crippen LogP contribution in [0.2, 0.25) is 0 Å². The number of rotatable bonds is 4. The Morgan fingerprint density at radius 1 is 1.32 bits per heavy atom. The Bertz CT molecular complexity index is 475. The van der Waals surface area contributed by atoms with E-state index in [9.17, 15) is 14.7 Å². The number of nitrogens with two attached hydrogens (primary N) is 1. The third kappa shape index (κ3) is 2.46. The molecule has 19 heavy (non-hydrogen) atoms. The van der Waals surface area contributed by atoms with Crippen LogP contribution in [0, 0.1) is 0 Å². The highest BCUT2D eigenvalue weighted by atomic mass is 16.4. The van der Waals surface area contributed by atoms with Gasteiger partial charge in [0, 0.05) is 13.0 Å². The van der Waals surface area contributed by atoms with E-state index in [0.717, 1.165) is 5.56 Å². The molecule has 1 atom stereocenters. The number of aliphatic carboxylic acids is 1. The molecular weight excluding hydrogens is 244 g/mol. The summed E-state index contributed by atoms with van der Waals surface area (Å²) in [5.41, 5.74) is 5.16. The second kappa shape index (κ2) is 5.40. The van der Waals surface area contributed by atoms with Crippen LogP contribution >= 0.6 is 0 Å². The average Bonchev–Trinajstić information content (AvgIpc) is 2.84. The molecule has 0 aliphatic carbocycles. The van der Waals surface area contributed by atoms with Crippen molar-refractivity contribution >= 4 is 11.9 Å². The van der Waals surface area contributed by atoms with Gasteiger partial charge in [0.25, 0.3) is 0 Å². The quantitative estimate of drug-likeness (QED) is 0.833. The lowest BCUT2D eigenvalue weighted by molar-refractivity contribution is -0.156. The zero-order valence-electron chi connectivity index (χ0n) is 10.7. The highest BCUT2D eigenvalue weighted by Gasteiger charge is 2.49. The number of carbonyl (C=O) groups is 2. The predicted octanol–water partition coefficient (Wildman–Crippen LogP) is 0.634. The van der Waals surface area contributed by atoms with Crippen molar-refractivity contribution in [3.05, 3.63) is 35.9 Å². The van der Waals surface area contributed by atoms with Gasteiger partial charge < -0.3 is 15.7 Å². The summed E-state index contributed by atoms with van der Waals surface area (Å²) in [6.07, 6.45) is 1.50. The minimum Gasteiger partial charge on any atom is -0.479 e. The summed E-state index contributed by atoms with van der Waals surface area (Å²) >= 11 is 0. The molecule has 1 aliphatic heterocycles. The van der Waals surface area contributed by atoms with Crippen LogP contribution in [0.1, 0.15) is 18.4 Å². The maximum atomic E-state index is 11.9. The van der Waals surface area contributed by atoms with Gasteiger partial charge in [0.05, 0.1) is 6.54 Å². The van der Waals surface area contributed by atoms with Crippen molar-refractivity contribution in [3.8, 4) is 0 Å². The first kappa shape index (κ1) is 13.5.